The van der Waals surface area contributed by atoms with Crippen LogP contribution in [-0.4, -0.2) is 42.3 Å². The molecular formula is C25H26FN3O2S. The molecule has 166 valence electrons. The van der Waals surface area contributed by atoms with Crippen LogP contribution in [0.15, 0.2) is 60.8 Å². The molecule has 0 bridgehead atoms. The van der Waals surface area contributed by atoms with Crippen molar-refractivity contribution in [1.82, 2.24) is 9.88 Å². The molecule has 32 heavy (non-hydrogen) atoms. The molecule has 1 atom stereocenters. The third-order valence-electron chi connectivity index (χ3n) is 6.08. The number of hydrogen-bond acceptors (Lipinski definition) is 4. The Hall–Kier alpha value is -3.19. The van der Waals surface area contributed by atoms with Gasteiger partial charge in [0.15, 0.2) is 5.11 Å². The van der Waals surface area contributed by atoms with E-state index in [4.69, 9.17) is 21.7 Å². The van der Waals surface area contributed by atoms with Crippen LogP contribution in [-0.2, 0) is 5.41 Å². The standard InChI is InChI=1S/C25H26FN3O2S/c1-17-7-8-18(14-20(17)26)25(23-6-4-5-12-27-23)11-13-29(16-25)24(32)28-21-15-19(30-2)9-10-22(21)31-3/h4-10,12,14-15H,11,13,16H2,1-3H3,(H,28,32). The number of nitrogens with one attached hydrogen (secondary N) is 1. The lowest BCUT2D eigenvalue weighted by Gasteiger charge is -2.30. The van der Waals surface area contributed by atoms with E-state index in [1.165, 1.54) is 0 Å². The summed E-state index contributed by atoms with van der Waals surface area (Å²) >= 11 is 5.76. The number of benzene rings is 2. The minimum Gasteiger partial charge on any atom is -0.497 e. The lowest BCUT2D eigenvalue weighted by molar-refractivity contribution is 0.404. The van der Waals surface area contributed by atoms with Crippen LogP contribution >= 0.6 is 12.2 Å². The lowest BCUT2D eigenvalue weighted by Crippen LogP contribution is -2.38. The maximum absolute atomic E-state index is 14.5. The number of anilines is 1. The minimum absolute atomic E-state index is 0.210. The summed E-state index contributed by atoms with van der Waals surface area (Å²) in [4.78, 5) is 6.74. The molecule has 0 amide bonds. The third-order valence-corrected chi connectivity index (χ3v) is 6.44. The van der Waals surface area contributed by atoms with Gasteiger partial charge in [0.2, 0.25) is 0 Å². The van der Waals surface area contributed by atoms with Gasteiger partial charge in [-0.25, -0.2) is 4.39 Å². The summed E-state index contributed by atoms with van der Waals surface area (Å²) in [6.07, 6.45) is 2.55. The predicted molar refractivity (Wildman–Crippen MR) is 128 cm³/mol. The largest absolute Gasteiger partial charge is 0.497 e. The summed E-state index contributed by atoms with van der Waals surface area (Å²) in [5, 5.41) is 3.87. The molecular weight excluding hydrogens is 425 g/mol. The van der Waals surface area contributed by atoms with Crippen molar-refractivity contribution < 1.29 is 13.9 Å². The Morgan fingerprint density at radius 2 is 1.97 bits per heavy atom. The number of hydrogen-bond donors (Lipinski definition) is 1. The number of aryl methyl sites for hydroxylation is 1. The first kappa shape index (κ1) is 22.0. The first-order valence-corrected chi connectivity index (χ1v) is 10.8. The highest BCUT2D eigenvalue weighted by Gasteiger charge is 2.43. The van der Waals surface area contributed by atoms with E-state index in [1.807, 2.05) is 48.5 Å². The van der Waals surface area contributed by atoms with Crippen molar-refractivity contribution in [3.8, 4) is 11.5 Å². The Kier molecular flexibility index (Phi) is 6.28. The second-order valence-electron chi connectivity index (χ2n) is 7.93. The number of likely N-dealkylation sites (tertiary alicyclic amines) is 1. The molecule has 1 aromatic heterocycles. The number of aromatic nitrogens is 1. The van der Waals surface area contributed by atoms with Crippen LogP contribution < -0.4 is 14.8 Å². The van der Waals surface area contributed by atoms with E-state index >= 15 is 0 Å². The Morgan fingerprint density at radius 1 is 1.12 bits per heavy atom. The van der Waals surface area contributed by atoms with E-state index in [0.717, 1.165) is 23.4 Å². The SMILES string of the molecule is COc1ccc(OC)c(NC(=S)N2CCC(c3ccc(C)c(F)c3)(c3ccccn3)C2)c1. The van der Waals surface area contributed by atoms with Crippen molar-refractivity contribution in [1.29, 1.82) is 0 Å². The minimum atomic E-state index is -0.458. The molecule has 1 N–H and O–H groups in total. The summed E-state index contributed by atoms with van der Waals surface area (Å²) in [6.45, 7) is 3.07. The average molecular weight is 452 g/mol. The van der Waals surface area contributed by atoms with Gasteiger partial charge < -0.3 is 19.7 Å². The second kappa shape index (κ2) is 9.12. The van der Waals surface area contributed by atoms with Crippen molar-refractivity contribution in [2.45, 2.75) is 18.8 Å². The first-order chi connectivity index (χ1) is 15.5. The summed E-state index contributed by atoms with van der Waals surface area (Å²) < 4.78 is 25.3. The third kappa shape index (κ3) is 4.12. The fourth-order valence-corrected chi connectivity index (χ4v) is 4.48. The molecule has 0 saturated carbocycles. The van der Waals surface area contributed by atoms with E-state index in [0.29, 0.717) is 35.3 Å². The van der Waals surface area contributed by atoms with Crippen LogP contribution in [0.25, 0.3) is 0 Å². The Bertz CT molecular complexity index is 1130. The molecule has 1 saturated heterocycles. The van der Waals surface area contributed by atoms with Gasteiger partial charge in [0.05, 0.1) is 31.0 Å². The van der Waals surface area contributed by atoms with Gasteiger partial charge in [-0.1, -0.05) is 18.2 Å². The van der Waals surface area contributed by atoms with Crippen molar-refractivity contribution >= 4 is 23.0 Å². The Labute approximate surface area is 193 Å². The van der Waals surface area contributed by atoms with Gasteiger partial charge >= 0.3 is 0 Å². The highest BCUT2D eigenvalue weighted by Crippen LogP contribution is 2.41. The monoisotopic (exact) mass is 451 g/mol. The molecule has 0 spiro atoms. The number of halogens is 1. The maximum Gasteiger partial charge on any atom is 0.173 e. The van der Waals surface area contributed by atoms with Crippen LogP contribution in [0, 0.1) is 12.7 Å². The van der Waals surface area contributed by atoms with Gasteiger partial charge in [-0.3, -0.25) is 4.98 Å². The number of thiocarbonyl (C=S) groups is 1. The van der Waals surface area contributed by atoms with Crippen molar-refractivity contribution in [2.24, 2.45) is 0 Å². The maximum atomic E-state index is 14.5. The molecule has 0 radical (unpaired) electrons. The van der Waals surface area contributed by atoms with Gasteiger partial charge in [0.1, 0.15) is 17.3 Å². The zero-order chi connectivity index (χ0) is 22.7. The topological polar surface area (TPSA) is 46.6 Å². The van der Waals surface area contributed by atoms with E-state index in [-0.39, 0.29) is 5.82 Å². The molecule has 7 heteroatoms. The van der Waals surface area contributed by atoms with Gasteiger partial charge in [0.25, 0.3) is 0 Å². The number of methoxy groups -OCH3 is 2. The highest BCUT2D eigenvalue weighted by molar-refractivity contribution is 7.80. The molecule has 1 fully saturated rings. The first-order valence-electron chi connectivity index (χ1n) is 10.4. The van der Waals surface area contributed by atoms with Gasteiger partial charge in [-0.05, 0) is 67.0 Å². The summed E-state index contributed by atoms with van der Waals surface area (Å²) in [5.74, 6) is 1.16. The zero-order valence-electron chi connectivity index (χ0n) is 18.4. The fourth-order valence-electron chi connectivity index (χ4n) is 4.22. The van der Waals surface area contributed by atoms with E-state index in [9.17, 15) is 4.39 Å². The van der Waals surface area contributed by atoms with E-state index in [1.54, 1.807) is 33.4 Å². The van der Waals surface area contributed by atoms with Gasteiger partial charge in [0, 0.05) is 25.4 Å². The summed E-state index contributed by atoms with van der Waals surface area (Å²) in [7, 11) is 3.23. The number of ether oxygens (including phenoxy) is 2. The van der Waals surface area contributed by atoms with Gasteiger partial charge in [-0.2, -0.15) is 0 Å². The van der Waals surface area contributed by atoms with Crippen molar-refractivity contribution in [3.05, 3.63) is 83.4 Å². The smallest absolute Gasteiger partial charge is 0.173 e. The van der Waals surface area contributed by atoms with Crippen LogP contribution in [0.4, 0.5) is 10.1 Å². The molecule has 2 aromatic carbocycles. The van der Waals surface area contributed by atoms with Gasteiger partial charge in [-0.15, -0.1) is 0 Å². The summed E-state index contributed by atoms with van der Waals surface area (Å²) in [6, 6.07) is 16.8. The van der Waals surface area contributed by atoms with Crippen LogP contribution in [0.5, 0.6) is 11.5 Å². The number of pyridine rings is 1. The molecule has 1 unspecified atom stereocenters. The molecule has 1 aliphatic rings. The second-order valence-corrected chi connectivity index (χ2v) is 8.32. The molecule has 0 aliphatic carbocycles. The van der Waals surface area contributed by atoms with E-state index < -0.39 is 5.41 Å². The lowest BCUT2D eigenvalue weighted by atomic mass is 9.76. The summed E-state index contributed by atoms with van der Waals surface area (Å²) in [5.41, 5.74) is 2.71. The molecule has 3 aromatic rings. The van der Waals surface area contributed by atoms with Crippen LogP contribution in [0.3, 0.4) is 0 Å². The average Bonchev–Trinajstić information content (AvgIpc) is 3.28. The molecule has 1 aliphatic heterocycles. The zero-order valence-corrected chi connectivity index (χ0v) is 19.2. The quantitative estimate of drug-likeness (QED) is 0.555. The number of rotatable bonds is 5. The van der Waals surface area contributed by atoms with Crippen LogP contribution in [0.2, 0.25) is 0 Å². The molecule has 2 heterocycles. The normalized spacial score (nSPS) is 17.8. The number of nitrogens with zero attached hydrogens (tertiary/aromatic N) is 2. The van der Waals surface area contributed by atoms with Crippen molar-refractivity contribution in [3.63, 3.8) is 0 Å². The predicted octanol–water partition coefficient (Wildman–Crippen LogP) is 4.94. The molecule has 5 nitrogen and oxygen atoms in total. The Morgan fingerprint density at radius 3 is 2.66 bits per heavy atom. The van der Waals surface area contributed by atoms with E-state index in [2.05, 4.69) is 15.2 Å². The van der Waals surface area contributed by atoms with Crippen LogP contribution in [0.1, 0.15) is 23.2 Å². The van der Waals surface area contributed by atoms with Crippen molar-refractivity contribution in [2.75, 3.05) is 32.6 Å². The fraction of sp³-hybridized carbons (Fsp3) is 0.280. The molecule has 4 rings (SSSR count). The Balaban J connectivity index is 1.65. The highest BCUT2D eigenvalue weighted by atomic mass is 32.1.